The second kappa shape index (κ2) is 12.6. The Balaban J connectivity index is 1.70. The van der Waals surface area contributed by atoms with Crippen molar-refractivity contribution in [1.29, 1.82) is 0 Å². The molecular formula is C32H42O. The third-order valence-electron chi connectivity index (χ3n) is 7.03. The molecule has 0 aliphatic rings. The third kappa shape index (κ3) is 7.49. The molecular weight excluding hydrogens is 400 g/mol. The molecule has 0 aromatic heterocycles. The fourth-order valence-electron chi connectivity index (χ4n) is 5.02. The topological polar surface area (TPSA) is 9.23 Å². The van der Waals surface area contributed by atoms with Crippen LogP contribution in [0.5, 0.6) is 5.75 Å². The summed E-state index contributed by atoms with van der Waals surface area (Å²) >= 11 is 0. The monoisotopic (exact) mass is 442 g/mol. The van der Waals surface area contributed by atoms with E-state index in [0.717, 1.165) is 18.1 Å². The van der Waals surface area contributed by atoms with Crippen molar-refractivity contribution < 1.29 is 4.74 Å². The molecule has 0 radical (unpaired) electrons. The van der Waals surface area contributed by atoms with Crippen LogP contribution in [0.2, 0.25) is 0 Å². The molecule has 0 aliphatic carbocycles. The summed E-state index contributed by atoms with van der Waals surface area (Å²) in [7, 11) is 0. The maximum Gasteiger partial charge on any atom is 0.122 e. The highest BCUT2D eigenvalue weighted by atomic mass is 16.5. The van der Waals surface area contributed by atoms with Crippen molar-refractivity contribution in [3.8, 4) is 5.75 Å². The lowest BCUT2D eigenvalue weighted by molar-refractivity contribution is 0.285. The van der Waals surface area contributed by atoms with Gasteiger partial charge in [0, 0.05) is 0 Å². The highest BCUT2D eigenvalue weighted by molar-refractivity contribution is 5.37. The fraction of sp³-hybridized carbons (Fsp3) is 0.438. The molecule has 1 nitrogen and oxygen atoms in total. The van der Waals surface area contributed by atoms with Crippen molar-refractivity contribution in [2.45, 2.75) is 79.8 Å². The Labute approximate surface area is 202 Å². The first-order valence-corrected chi connectivity index (χ1v) is 12.8. The number of rotatable bonds is 12. The van der Waals surface area contributed by atoms with Crippen LogP contribution in [0.15, 0.2) is 66.7 Å². The van der Waals surface area contributed by atoms with Crippen molar-refractivity contribution in [3.63, 3.8) is 0 Å². The predicted molar refractivity (Wildman–Crippen MR) is 142 cm³/mol. The maximum absolute atomic E-state index is 6.12. The molecule has 0 aliphatic heterocycles. The van der Waals surface area contributed by atoms with Crippen molar-refractivity contribution >= 4 is 0 Å². The molecule has 3 aromatic rings. The molecule has 3 aromatic carbocycles. The van der Waals surface area contributed by atoms with Crippen LogP contribution in [0.25, 0.3) is 0 Å². The van der Waals surface area contributed by atoms with Gasteiger partial charge in [0.2, 0.25) is 0 Å². The number of hydrogen-bond acceptors (Lipinski definition) is 1. The van der Waals surface area contributed by atoms with Gasteiger partial charge in [-0.05, 0) is 84.9 Å². The normalized spacial score (nSPS) is 13.0. The van der Waals surface area contributed by atoms with Crippen LogP contribution in [0.3, 0.4) is 0 Å². The SMILES string of the molecule is CCC[C@@H](Cc1ccc(C)c(C)c1)[C@@H](CCC)Cc1ccc(OCc2ccccc2)c(C)c1. The molecule has 0 saturated heterocycles. The first-order chi connectivity index (χ1) is 16.0. The quantitative estimate of drug-likeness (QED) is 0.272. The van der Waals surface area contributed by atoms with Gasteiger partial charge in [0.1, 0.15) is 12.4 Å². The molecule has 0 unspecified atom stereocenters. The summed E-state index contributed by atoms with van der Waals surface area (Å²) in [5, 5.41) is 0. The molecule has 0 bridgehead atoms. The van der Waals surface area contributed by atoms with E-state index in [1.165, 1.54) is 65.5 Å². The van der Waals surface area contributed by atoms with Gasteiger partial charge in [-0.2, -0.15) is 0 Å². The average molecular weight is 443 g/mol. The van der Waals surface area contributed by atoms with E-state index in [0.29, 0.717) is 12.5 Å². The molecule has 0 heterocycles. The van der Waals surface area contributed by atoms with E-state index >= 15 is 0 Å². The lowest BCUT2D eigenvalue weighted by Gasteiger charge is -2.28. The second-order valence-corrected chi connectivity index (χ2v) is 9.80. The highest BCUT2D eigenvalue weighted by Crippen LogP contribution is 2.31. The van der Waals surface area contributed by atoms with E-state index in [4.69, 9.17) is 4.74 Å². The van der Waals surface area contributed by atoms with Gasteiger partial charge < -0.3 is 4.74 Å². The van der Waals surface area contributed by atoms with Crippen molar-refractivity contribution in [1.82, 2.24) is 0 Å². The third-order valence-corrected chi connectivity index (χ3v) is 7.03. The molecule has 0 spiro atoms. The Morgan fingerprint density at radius 2 is 1.18 bits per heavy atom. The van der Waals surface area contributed by atoms with Gasteiger partial charge in [-0.3, -0.25) is 0 Å². The summed E-state index contributed by atoms with van der Waals surface area (Å²) in [6, 6.07) is 24.3. The van der Waals surface area contributed by atoms with Crippen molar-refractivity contribution in [2.24, 2.45) is 11.8 Å². The summed E-state index contributed by atoms with van der Waals surface area (Å²) in [4.78, 5) is 0. The summed E-state index contributed by atoms with van der Waals surface area (Å²) in [5.41, 5.74) is 8.19. The van der Waals surface area contributed by atoms with Crippen LogP contribution < -0.4 is 4.74 Å². The molecule has 0 fully saturated rings. The zero-order valence-corrected chi connectivity index (χ0v) is 21.4. The average Bonchev–Trinajstić information content (AvgIpc) is 2.81. The minimum absolute atomic E-state index is 0.619. The molecule has 3 rings (SSSR count). The van der Waals surface area contributed by atoms with Crippen molar-refractivity contribution in [3.05, 3.63) is 100 Å². The smallest absolute Gasteiger partial charge is 0.122 e. The Kier molecular flexibility index (Phi) is 9.61. The van der Waals surface area contributed by atoms with Crippen LogP contribution in [0.1, 0.15) is 72.9 Å². The summed E-state index contributed by atoms with van der Waals surface area (Å²) < 4.78 is 6.12. The summed E-state index contributed by atoms with van der Waals surface area (Å²) in [5.74, 6) is 2.44. The predicted octanol–water partition coefficient (Wildman–Crippen LogP) is 8.81. The van der Waals surface area contributed by atoms with Crippen LogP contribution in [-0.2, 0) is 19.4 Å². The molecule has 176 valence electrons. The van der Waals surface area contributed by atoms with Crippen LogP contribution in [0, 0.1) is 32.6 Å². The Hall–Kier alpha value is -2.54. The molecule has 1 heteroatoms. The fourth-order valence-corrected chi connectivity index (χ4v) is 5.02. The first kappa shape index (κ1) is 25.1. The van der Waals surface area contributed by atoms with Gasteiger partial charge in [0.15, 0.2) is 0 Å². The lowest BCUT2D eigenvalue weighted by Crippen LogP contribution is -2.20. The van der Waals surface area contributed by atoms with Gasteiger partial charge in [0.25, 0.3) is 0 Å². The van der Waals surface area contributed by atoms with E-state index in [2.05, 4.69) is 95.3 Å². The van der Waals surface area contributed by atoms with Gasteiger partial charge in [0.05, 0.1) is 0 Å². The zero-order valence-electron chi connectivity index (χ0n) is 21.4. The molecule has 2 atom stereocenters. The first-order valence-electron chi connectivity index (χ1n) is 12.8. The lowest BCUT2D eigenvalue weighted by atomic mass is 9.77. The standard InChI is InChI=1S/C32H42O/c1-6-11-30(21-28-16-15-24(3)25(4)19-28)31(12-7-2)22-29-17-18-32(26(5)20-29)33-23-27-13-9-8-10-14-27/h8-10,13-20,30-31H,6-7,11-12,21-23H2,1-5H3/t30-,31-/m0/s1. The van der Waals surface area contributed by atoms with Gasteiger partial charge in [-0.1, -0.05) is 100 Å². The van der Waals surface area contributed by atoms with Gasteiger partial charge in [-0.25, -0.2) is 0 Å². The maximum atomic E-state index is 6.12. The molecule has 0 amide bonds. The van der Waals surface area contributed by atoms with Crippen LogP contribution in [-0.4, -0.2) is 0 Å². The van der Waals surface area contributed by atoms with E-state index < -0.39 is 0 Å². The van der Waals surface area contributed by atoms with E-state index in [-0.39, 0.29) is 0 Å². The number of benzene rings is 3. The molecule has 0 saturated carbocycles. The van der Waals surface area contributed by atoms with E-state index in [1.54, 1.807) is 0 Å². The van der Waals surface area contributed by atoms with Crippen LogP contribution in [0.4, 0.5) is 0 Å². The number of ether oxygens (including phenoxy) is 1. The molecule has 33 heavy (non-hydrogen) atoms. The minimum atomic E-state index is 0.619. The Bertz CT molecular complexity index is 989. The molecule has 0 N–H and O–H groups in total. The Morgan fingerprint density at radius 3 is 1.73 bits per heavy atom. The zero-order chi connectivity index (χ0) is 23.6. The van der Waals surface area contributed by atoms with E-state index in [9.17, 15) is 0 Å². The highest BCUT2D eigenvalue weighted by Gasteiger charge is 2.22. The largest absolute Gasteiger partial charge is 0.489 e. The minimum Gasteiger partial charge on any atom is -0.489 e. The Morgan fingerprint density at radius 1 is 0.606 bits per heavy atom. The van der Waals surface area contributed by atoms with Crippen LogP contribution >= 0.6 is 0 Å². The van der Waals surface area contributed by atoms with Gasteiger partial charge >= 0.3 is 0 Å². The van der Waals surface area contributed by atoms with E-state index in [1.807, 2.05) is 6.07 Å². The second-order valence-electron chi connectivity index (χ2n) is 9.80. The number of aryl methyl sites for hydroxylation is 3. The summed E-state index contributed by atoms with van der Waals surface area (Å²) in [6.45, 7) is 11.9. The van der Waals surface area contributed by atoms with Crippen molar-refractivity contribution in [2.75, 3.05) is 0 Å². The summed E-state index contributed by atoms with van der Waals surface area (Å²) in [6.07, 6.45) is 7.44. The number of hydrogen-bond donors (Lipinski definition) is 0. The van der Waals surface area contributed by atoms with Gasteiger partial charge in [-0.15, -0.1) is 0 Å².